The molecule has 5 rings (SSSR count). The zero-order valence-electron chi connectivity index (χ0n) is 14.4. The van der Waals surface area contributed by atoms with Crippen LogP contribution in [0.3, 0.4) is 0 Å². The highest BCUT2D eigenvalue weighted by Crippen LogP contribution is 2.41. The topological polar surface area (TPSA) is 90.9 Å². The fraction of sp³-hybridized carbons (Fsp3) is 0.294. The number of pyridine rings is 1. The van der Waals surface area contributed by atoms with Crippen LogP contribution in [-0.2, 0) is 5.75 Å². The summed E-state index contributed by atoms with van der Waals surface area (Å²) in [6, 6.07) is 5.87. The minimum atomic E-state index is -0.153. The predicted octanol–water partition coefficient (Wildman–Crippen LogP) is 2.74. The number of fused-ring (bicyclic) bond motifs is 1. The highest BCUT2D eigenvalue weighted by atomic mass is 32.2. The van der Waals surface area contributed by atoms with Crippen LogP contribution in [0.15, 0.2) is 40.5 Å². The molecular formula is C17H15N7OS2. The van der Waals surface area contributed by atoms with Gasteiger partial charge in [-0.1, -0.05) is 23.1 Å². The second-order valence-electron chi connectivity index (χ2n) is 6.34. The quantitative estimate of drug-likeness (QED) is 0.478. The maximum absolute atomic E-state index is 12.2. The Bertz CT molecular complexity index is 1180. The monoisotopic (exact) mass is 397 g/mol. The van der Waals surface area contributed by atoms with E-state index in [9.17, 15) is 4.79 Å². The molecule has 1 aliphatic rings. The summed E-state index contributed by atoms with van der Waals surface area (Å²) in [5.74, 6) is 1.40. The van der Waals surface area contributed by atoms with Crippen molar-refractivity contribution in [1.29, 1.82) is 0 Å². The van der Waals surface area contributed by atoms with Gasteiger partial charge in [-0.2, -0.15) is 9.61 Å². The van der Waals surface area contributed by atoms with Gasteiger partial charge in [-0.3, -0.25) is 14.3 Å². The molecule has 4 heterocycles. The van der Waals surface area contributed by atoms with Crippen molar-refractivity contribution in [1.82, 2.24) is 34.3 Å². The number of thioether (sulfide) groups is 1. The Morgan fingerprint density at radius 1 is 1.33 bits per heavy atom. The molecule has 1 saturated carbocycles. The second-order valence-corrected chi connectivity index (χ2v) is 8.44. The van der Waals surface area contributed by atoms with Gasteiger partial charge in [-0.25, -0.2) is 4.98 Å². The highest BCUT2D eigenvalue weighted by molar-refractivity contribution is 7.98. The van der Waals surface area contributed by atoms with Crippen molar-refractivity contribution in [3.05, 3.63) is 51.6 Å². The molecule has 27 heavy (non-hydrogen) atoms. The van der Waals surface area contributed by atoms with E-state index in [0.29, 0.717) is 16.8 Å². The van der Waals surface area contributed by atoms with E-state index < -0.39 is 0 Å². The van der Waals surface area contributed by atoms with Crippen molar-refractivity contribution in [3.63, 3.8) is 0 Å². The van der Waals surface area contributed by atoms with Gasteiger partial charge in [0.1, 0.15) is 5.01 Å². The van der Waals surface area contributed by atoms with Crippen LogP contribution in [-0.4, -0.2) is 34.3 Å². The SMILES string of the molecule is Cc1nn2c(=O)cc(CSc3nnc(-c4cccnc4)n3C3CC3)nc2s1. The van der Waals surface area contributed by atoms with Crippen LogP contribution in [0.5, 0.6) is 0 Å². The fourth-order valence-electron chi connectivity index (χ4n) is 2.89. The van der Waals surface area contributed by atoms with Crippen molar-refractivity contribution in [2.45, 2.75) is 36.7 Å². The average Bonchev–Trinajstić information content (AvgIpc) is 3.30. The van der Waals surface area contributed by atoms with Gasteiger partial charge in [0, 0.05) is 35.8 Å². The van der Waals surface area contributed by atoms with Gasteiger partial charge >= 0.3 is 0 Å². The summed E-state index contributed by atoms with van der Waals surface area (Å²) in [5.41, 5.74) is 1.53. The minimum absolute atomic E-state index is 0.153. The smallest absolute Gasteiger partial charge is 0.275 e. The lowest BCUT2D eigenvalue weighted by Crippen LogP contribution is -2.15. The summed E-state index contributed by atoms with van der Waals surface area (Å²) in [4.78, 5) is 21.6. The van der Waals surface area contributed by atoms with E-state index >= 15 is 0 Å². The number of aromatic nitrogens is 7. The Hall–Kier alpha value is -2.59. The summed E-state index contributed by atoms with van der Waals surface area (Å²) in [6.45, 7) is 1.87. The maximum Gasteiger partial charge on any atom is 0.275 e. The molecule has 1 aliphatic carbocycles. The van der Waals surface area contributed by atoms with Gasteiger partial charge in [-0.05, 0) is 31.9 Å². The summed E-state index contributed by atoms with van der Waals surface area (Å²) < 4.78 is 3.53. The van der Waals surface area contributed by atoms with Gasteiger partial charge in [0.25, 0.3) is 5.56 Å². The molecule has 0 unspecified atom stereocenters. The van der Waals surface area contributed by atoms with Crippen LogP contribution in [0.25, 0.3) is 16.3 Å². The fourth-order valence-corrected chi connectivity index (χ4v) is 4.56. The molecule has 0 aliphatic heterocycles. The lowest BCUT2D eigenvalue weighted by molar-refractivity contribution is 0.669. The largest absolute Gasteiger partial charge is 0.299 e. The predicted molar refractivity (Wildman–Crippen MR) is 103 cm³/mol. The van der Waals surface area contributed by atoms with Crippen molar-refractivity contribution in [2.24, 2.45) is 0 Å². The van der Waals surface area contributed by atoms with Gasteiger partial charge in [0.15, 0.2) is 11.0 Å². The molecule has 136 valence electrons. The molecule has 0 aromatic carbocycles. The van der Waals surface area contributed by atoms with Crippen molar-refractivity contribution >= 4 is 28.1 Å². The van der Waals surface area contributed by atoms with Crippen LogP contribution < -0.4 is 5.56 Å². The van der Waals surface area contributed by atoms with E-state index in [1.807, 2.05) is 19.1 Å². The molecular weight excluding hydrogens is 382 g/mol. The second kappa shape index (κ2) is 6.54. The third kappa shape index (κ3) is 3.15. The van der Waals surface area contributed by atoms with E-state index in [4.69, 9.17) is 0 Å². The zero-order chi connectivity index (χ0) is 18.4. The number of rotatable bonds is 5. The minimum Gasteiger partial charge on any atom is -0.299 e. The first-order valence-corrected chi connectivity index (χ1v) is 10.3. The Kier molecular flexibility index (Phi) is 4.01. The van der Waals surface area contributed by atoms with Crippen LogP contribution in [0.2, 0.25) is 0 Å². The summed E-state index contributed by atoms with van der Waals surface area (Å²) >= 11 is 2.96. The molecule has 10 heteroatoms. The normalized spacial score (nSPS) is 14.1. The summed E-state index contributed by atoms with van der Waals surface area (Å²) in [7, 11) is 0. The van der Waals surface area contributed by atoms with Gasteiger partial charge in [-0.15, -0.1) is 10.2 Å². The van der Waals surface area contributed by atoms with Crippen LogP contribution in [0, 0.1) is 6.92 Å². The van der Waals surface area contributed by atoms with E-state index in [0.717, 1.165) is 40.1 Å². The summed E-state index contributed by atoms with van der Waals surface area (Å²) in [6.07, 6.45) is 5.81. The molecule has 0 atom stereocenters. The van der Waals surface area contributed by atoms with Crippen LogP contribution in [0.1, 0.15) is 29.6 Å². The number of aryl methyl sites for hydroxylation is 1. The third-order valence-corrected chi connectivity index (χ3v) is 6.05. The van der Waals surface area contributed by atoms with E-state index in [-0.39, 0.29) is 5.56 Å². The van der Waals surface area contributed by atoms with E-state index in [2.05, 4.69) is 29.8 Å². The van der Waals surface area contributed by atoms with Gasteiger partial charge in [0.2, 0.25) is 4.96 Å². The molecule has 0 spiro atoms. The molecule has 4 aromatic heterocycles. The van der Waals surface area contributed by atoms with Crippen molar-refractivity contribution < 1.29 is 0 Å². The molecule has 0 N–H and O–H groups in total. The zero-order valence-corrected chi connectivity index (χ0v) is 16.1. The molecule has 0 bridgehead atoms. The number of hydrogen-bond acceptors (Lipinski definition) is 8. The van der Waals surface area contributed by atoms with Crippen LogP contribution in [0.4, 0.5) is 0 Å². The van der Waals surface area contributed by atoms with Crippen molar-refractivity contribution in [2.75, 3.05) is 0 Å². The third-order valence-electron chi connectivity index (χ3n) is 4.24. The highest BCUT2D eigenvalue weighted by Gasteiger charge is 2.30. The van der Waals surface area contributed by atoms with Crippen molar-refractivity contribution in [3.8, 4) is 11.4 Å². The molecule has 4 aromatic rings. The number of nitrogens with zero attached hydrogens (tertiary/aromatic N) is 7. The Morgan fingerprint density at radius 3 is 3.00 bits per heavy atom. The lowest BCUT2D eigenvalue weighted by Gasteiger charge is -2.08. The first-order chi connectivity index (χ1) is 13.2. The Labute approximate surface area is 162 Å². The Balaban J connectivity index is 1.45. The molecule has 0 amide bonds. The maximum atomic E-state index is 12.2. The molecule has 1 fully saturated rings. The lowest BCUT2D eigenvalue weighted by atomic mass is 10.3. The van der Waals surface area contributed by atoms with E-state index in [1.165, 1.54) is 15.9 Å². The first-order valence-electron chi connectivity index (χ1n) is 8.53. The standard InChI is InChI=1S/C17H15N7OS2/c1-10-22-24-14(25)7-12(19-16(24)27-10)9-26-17-21-20-15(23(17)13-4-5-13)11-3-2-6-18-8-11/h2-3,6-8,13H,4-5,9H2,1H3. The number of hydrogen-bond donors (Lipinski definition) is 0. The first kappa shape index (κ1) is 16.6. The van der Waals surface area contributed by atoms with Gasteiger partial charge in [0.05, 0.1) is 5.69 Å². The van der Waals surface area contributed by atoms with Gasteiger partial charge < -0.3 is 0 Å². The molecule has 0 saturated heterocycles. The summed E-state index contributed by atoms with van der Waals surface area (Å²) in [5, 5.41) is 14.6. The van der Waals surface area contributed by atoms with Crippen LogP contribution >= 0.6 is 23.1 Å². The van der Waals surface area contributed by atoms with E-state index in [1.54, 1.807) is 30.2 Å². The molecule has 0 radical (unpaired) electrons. The average molecular weight is 397 g/mol. The molecule has 8 nitrogen and oxygen atoms in total. The Morgan fingerprint density at radius 2 is 2.22 bits per heavy atom.